The number of hydrogen-bond acceptors (Lipinski definition) is 10. The Bertz CT molecular complexity index is 2250. The average molecular weight is 836 g/mol. The smallest absolute Gasteiger partial charge is 0.407 e. The van der Waals surface area contributed by atoms with Crippen molar-refractivity contribution in [2.75, 3.05) is 40.5 Å². The molecule has 4 fully saturated rings. The quantitative estimate of drug-likeness (QED) is 0.167. The fraction of sp³-hybridized carbons (Fsp3) is 0.477. The second-order valence-corrected chi connectivity index (χ2v) is 16.8. The van der Waals surface area contributed by atoms with Gasteiger partial charge in [-0.3, -0.25) is 19.4 Å². The van der Waals surface area contributed by atoms with Crippen molar-refractivity contribution in [2.45, 2.75) is 83.0 Å². The lowest BCUT2D eigenvalue weighted by Gasteiger charge is -2.42. The molecule has 17 nitrogen and oxygen atoms in total. The summed E-state index contributed by atoms with van der Waals surface area (Å²) >= 11 is 0. The number of amides is 5. The molecule has 0 saturated carbocycles. The molecule has 0 bridgehead atoms. The zero-order valence-electron chi connectivity index (χ0n) is 34.9. The van der Waals surface area contributed by atoms with E-state index in [1.807, 2.05) is 61.3 Å². The Morgan fingerprint density at radius 3 is 1.97 bits per heavy atom. The van der Waals surface area contributed by atoms with Crippen molar-refractivity contribution in [1.29, 1.82) is 0 Å². The summed E-state index contributed by atoms with van der Waals surface area (Å²) < 4.78 is 15.3. The largest absolute Gasteiger partial charge is 0.453 e. The molecule has 0 aliphatic carbocycles. The second-order valence-electron chi connectivity index (χ2n) is 16.8. The molecular weight excluding hydrogens is 783 g/mol. The van der Waals surface area contributed by atoms with E-state index >= 15 is 0 Å². The molecular formula is C44H53N9O8. The summed E-state index contributed by atoms with van der Waals surface area (Å²) in [5.41, 5.74) is 5.41. The van der Waals surface area contributed by atoms with E-state index in [-0.39, 0.29) is 47.9 Å². The number of hydrogen-bond donors (Lipinski definition) is 4. The zero-order valence-corrected chi connectivity index (χ0v) is 34.9. The highest BCUT2D eigenvalue weighted by atomic mass is 16.5. The predicted octanol–water partition coefficient (Wildman–Crippen LogP) is 5.51. The molecule has 8 rings (SSSR count). The number of benzene rings is 2. The van der Waals surface area contributed by atoms with Crippen molar-refractivity contribution < 1.29 is 38.2 Å². The minimum atomic E-state index is -0.887. The second kappa shape index (κ2) is 17.4. The van der Waals surface area contributed by atoms with E-state index in [9.17, 15) is 24.0 Å². The van der Waals surface area contributed by atoms with E-state index in [0.29, 0.717) is 50.8 Å². The van der Waals surface area contributed by atoms with E-state index in [1.54, 1.807) is 6.20 Å². The molecule has 4 atom stereocenters. The molecule has 4 aliphatic heterocycles. The van der Waals surface area contributed by atoms with E-state index in [2.05, 4.69) is 37.7 Å². The van der Waals surface area contributed by atoms with Crippen molar-refractivity contribution in [3.8, 4) is 33.6 Å². The lowest BCUT2D eigenvalue weighted by molar-refractivity contribution is -0.174. The summed E-state index contributed by atoms with van der Waals surface area (Å²) in [4.78, 5) is 83.4. The Hall–Kier alpha value is -6.23. The van der Waals surface area contributed by atoms with Gasteiger partial charge in [0.2, 0.25) is 11.8 Å². The van der Waals surface area contributed by atoms with Gasteiger partial charge in [0.15, 0.2) is 0 Å². The highest BCUT2D eigenvalue weighted by Gasteiger charge is 2.50. The number of H-pyrrole nitrogens is 2. The van der Waals surface area contributed by atoms with Crippen LogP contribution in [0.2, 0.25) is 0 Å². The minimum absolute atomic E-state index is 0.0863. The highest BCUT2D eigenvalue weighted by Crippen LogP contribution is 2.49. The number of aromatic nitrogens is 4. The average Bonchev–Trinajstić information content (AvgIpc) is 4.05. The maximum absolute atomic E-state index is 14.1. The first-order chi connectivity index (χ1) is 29.5. The number of ether oxygens (including phenoxy) is 3. The van der Waals surface area contributed by atoms with Crippen molar-refractivity contribution >= 4 is 29.9 Å². The summed E-state index contributed by atoms with van der Waals surface area (Å²) in [5, 5.41) is 8.29. The number of hydrazine groups is 1. The van der Waals surface area contributed by atoms with Crippen molar-refractivity contribution in [2.24, 2.45) is 11.3 Å². The van der Waals surface area contributed by atoms with Crippen LogP contribution in [0, 0.1) is 11.3 Å². The Labute approximate surface area is 353 Å². The van der Waals surface area contributed by atoms with Crippen LogP contribution in [-0.2, 0) is 28.6 Å². The van der Waals surface area contributed by atoms with Gasteiger partial charge in [-0.25, -0.2) is 24.6 Å². The molecule has 4 aliphatic rings. The summed E-state index contributed by atoms with van der Waals surface area (Å²) in [5.74, 6) is 0.434. The van der Waals surface area contributed by atoms with Crippen LogP contribution < -0.4 is 10.6 Å². The van der Waals surface area contributed by atoms with Gasteiger partial charge in [-0.05, 0) is 72.1 Å². The summed E-state index contributed by atoms with van der Waals surface area (Å²) in [6.07, 6.45) is 6.26. The van der Waals surface area contributed by atoms with Crippen molar-refractivity contribution in [3.63, 3.8) is 0 Å². The first-order valence-corrected chi connectivity index (χ1v) is 21.0. The predicted molar refractivity (Wildman–Crippen MR) is 222 cm³/mol. The molecule has 4 saturated heterocycles. The number of nitrogens with one attached hydrogen (secondary N) is 4. The SMILES string of the molecule is COC(=O)N[C@H]1CCC(=O)N2CCC[C@@H](c3ncc(-c4ccc(-c5ccc(-c6cnc([C@@H]7CC8(CCOCC8)CN7C(=O)[C@@H](NC(=O)OC)C(C)C)[nH]6)cc5)cc4)[nH]3)N2C1=O. The fourth-order valence-corrected chi connectivity index (χ4v) is 9.18. The third-order valence-electron chi connectivity index (χ3n) is 12.6. The van der Waals surface area contributed by atoms with Crippen LogP contribution in [0.3, 0.4) is 0 Å². The Morgan fingerprint density at radius 2 is 1.39 bits per heavy atom. The molecule has 4 aromatic rings. The summed E-state index contributed by atoms with van der Waals surface area (Å²) in [7, 11) is 2.53. The number of nitrogens with zero attached hydrogens (tertiary/aromatic N) is 5. The molecule has 17 heteroatoms. The summed E-state index contributed by atoms with van der Waals surface area (Å²) in [6, 6.07) is 13.9. The molecule has 0 unspecified atom stereocenters. The maximum Gasteiger partial charge on any atom is 0.407 e. The van der Waals surface area contributed by atoms with Gasteiger partial charge in [0.05, 0.1) is 44.0 Å². The van der Waals surface area contributed by atoms with Crippen LogP contribution in [0.1, 0.15) is 82.5 Å². The molecule has 0 radical (unpaired) electrons. The number of carbonyl (C=O) groups excluding carboxylic acids is 5. The standard InChI is InChI=1S/C44H53N9O8/c1-26(2)37(50-43(58)60-4)41(56)51-25-44(17-20-61-21-18-44)22-35(51)39-46-24-33(48-39)30-13-9-28(10-14-30)27-7-11-29(12-8-27)32-23-45-38(47-32)34-6-5-19-52-36(54)16-15-31(40(55)53(34)52)49-42(57)59-3/h7-14,23-24,26,31,34-35,37H,5-6,15-22,25H2,1-4H3,(H,45,47)(H,46,48)(H,49,57)(H,50,58)/t31-,34-,35-,37-/m0/s1. The monoisotopic (exact) mass is 835 g/mol. The van der Waals surface area contributed by atoms with Crippen molar-refractivity contribution in [3.05, 3.63) is 72.6 Å². The van der Waals surface area contributed by atoms with Crippen LogP contribution in [0.4, 0.5) is 9.59 Å². The highest BCUT2D eigenvalue weighted by molar-refractivity contribution is 5.91. The van der Waals surface area contributed by atoms with E-state index in [1.165, 1.54) is 24.2 Å². The lowest BCUT2D eigenvalue weighted by Crippen LogP contribution is -2.57. The van der Waals surface area contributed by atoms with Gasteiger partial charge in [0.1, 0.15) is 29.8 Å². The number of alkyl carbamates (subject to hydrolysis) is 2. The Kier molecular flexibility index (Phi) is 11.8. The van der Waals surface area contributed by atoms with Gasteiger partial charge in [-0.1, -0.05) is 62.4 Å². The summed E-state index contributed by atoms with van der Waals surface area (Å²) in [6.45, 7) is 6.10. The minimum Gasteiger partial charge on any atom is -0.453 e. The third kappa shape index (κ3) is 8.43. The molecule has 322 valence electrons. The van der Waals surface area contributed by atoms with Crippen LogP contribution in [0.5, 0.6) is 0 Å². The van der Waals surface area contributed by atoms with E-state index in [0.717, 1.165) is 52.9 Å². The van der Waals surface area contributed by atoms with Gasteiger partial charge in [-0.15, -0.1) is 0 Å². The van der Waals surface area contributed by atoms with Gasteiger partial charge in [0.25, 0.3) is 5.91 Å². The van der Waals surface area contributed by atoms with Gasteiger partial charge >= 0.3 is 12.2 Å². The Balaban J connectivity index is 0.965. The topological polar surface area (TPSA) is 204 Å². The molecule has 1 spiro atoms. The number of imidazole rings is 2. The normalized spacial score (nSPS) is 21.9. The molecule has 2 aromatic heterocycles. The van der Waals surface area contributed by atoms with E-state index < -0.39 is 30.3 Å². The first kappa shape index (κ1) is 41.5. The molecule has 4 N–H and O–H groups in total. The maximum atomic E-state index is 14.1. The third-order valence-corrected chi connectivity index (χ3v) is 12.6. The van der Waals surface area contributed by atoms with Crippen LogP contribution in [-0.4, -0.2) is 117 Å². The fourth-order valence-electron chi connectivity index (χ4n) is 9.18. The van der Waals surface area contributed by atoms with Gasteiger partial charge in [-0.2, -0.15) is 0 Å². The molecule has 6 heterocycles. The van der Waals surface area contributed by atoms with Gasteiger partial charge in [0, 0.05) is 32.7 Å². The van der Waals surface area contributed by atoms with Crippen LogP contribution in [0.15, 0.2) is 60.9 Å². The molecule has 5 amide bonds. The Morgan fingerprint density at radius 1 is 0.820 bits per heavy atom. The van der Waals surface area contributed by atoms with Crippen molar-refractivity contribution in [1.82, 2.24) is 45.5 Å². The van der Waals surface area contributed by atoms with E-state index in [4.69, 9.17) is 19.2 Å². The van der Waals surface area contributed by atoms with Gasteiger partial charge < -0.3 is 39.7 Å². The zero-order chi connectivity index (χ0) is 42.8. The molecule has 2 aromatic carbocycles. The number of carbonyl (C=O) groups is 5. The number of likely N-dealkylation sites (tertiary alicyclic amines) is 1. The number of aromatic amines is 2. The first-order valence-electron chi connectivity index (χ1n) is 21.0. The molecule has 61 heavy (non-hydrogen) atoms. The lowest BCUT2D eigenvalue weighted by atomic mass is 9.78. The number of rotatable bonds is 9. The number of fused-ring (bicyclic) bond motifs is 1. The van der Waals surface area contributed by atoms with Crippen LogP contribution >= 0.6 is 0 Å². The van der Waals surface area contributed by atoms with Crippen LogP contribution in [0.25, 0.3) is 33.6 Å². The number of methoxy groups -OCH3 is 2.